The smallest absolute Gasteiger partial charge is 0.0688 e. The number of ether oxygens (including phenoxy) is 1. The van der Waals surface area contributed by atoms with E-state index in [0.29, 0.717) is 10.8 Å². The molecule has 0 bridgehead atoms. The second kappa shape index (κ2) is 3.75. The minimum absolute atomic E-state index is 0.196. The third-order valence-corrected chi connectivity index (χ3v) is 7.38. The highest BCUT2D eigenvalue weighted by Crippen LogP contribution is 2.65. The molecule has 2 saturated carbocycles. The van der Waals surface area contributed by atoms with Crippen molar-refractivity contribution < 1.29 is 4.74 Å². The molecule has 0 N–H and O–H groups in total. The monoisotopic (exact) mass is 250 g/mol. The quantitative estimate of drug-likeness (QED) is 0.608. The zero-order valence-electron chi connectivity index (χ0n) is 12.9. The highest BCUT2D eigenvalue weighted by Gasteiger charge is 2.61. The molecule has 2 aliphatic carbocycles. The van der Waals surface area contributed by atoms with Crippen LogP contribution in [-0.2, 0) is 4.74 Å². The van der Waals surface area contributed by atoms with Crippen LogP contribution in [0, 0.1) is 28.6 Å². The van der Waals surface area contributed by atoms with Gasteiger partial charge in [0.1, 0.15) is 0 Å². The van der Waals surface area contributed by atoms with E-state index in [0.717, 1.165) is 24.4 Å². The van der Waals surface area contributed by atoms with Gasteiger partial charge in [-0.05, 0) is 67.6 Å². The SMILES string of the molecule is CC1CC[C@@]2(C)C3CCOC3(C)CCC2C1(C)C. The summed E-state index contributed by atoms with van der Waals surface area (Å²) in [5, 5.41) is 0. The van der Waals surface area contributed by atoms with Crippen molar-refractivity contribution in [2.24, 2.45) is 28.6 Å². The maximum Gasteiger partial charge on any atom is 0.0688 e. The topological polar surface area (TPSA) is 9.23 Å². The highest BCUT2D eigenvalue weighted by atomic mass is 16.5. The van der Waals surface area contributed by atoms with E-state index in [4.69, 9.17) is 4.74 Å². The van der Waals surface area contributed by atoms with Crippen LogP contribution in [0.2, 0.25) is 0 Å². The second-order valence-electron chi connectivity index (χ2n) is 8.36. The highest BCUT2D eigenvalue weighted by molar-refractivity contribution is 5.10. The van der Waals surface area contributed by atoms with Crippen molar-refractivity contribution in [2.75, 3.05) is 6.61 Å². The van der Waals surface area contributed by atoms with Crippen molar-refractivity contribution in [1.29, 1.82) is 0 Å². The van der Waals surface area contributed by atoms with Gasteiger partial charge < -0.3 is 4.74 Å². The summed E-state index contributed by atoms with van der Waals surface area (Å²) in [7, 11) is 0. The standard InChI is InChI=1S/C17H30O/c1-12-6-9-16(4)13(15(12,2)3)7-10-17(5)14(16)8-11-18-17/h12-14H,6-11H2,1-5H3/t12?,13?,14?,16-,17?/m1/s1. The van der Waals surface area contributed by atoms with Gasteiger partial charge in [-0.3, -0.25) is 0 Å². The van der Waals surface area contributed by atoms with Gasteiger partial charge in [0.2, 0.25) is 0 Å². The Kier molecular flexibility index (Phi) is 2.70. The molecule has 1 aliphatic heterocycles. The molecule has 18 heavy (non-hydrogen) atoms. The molecular weight excluding hydrogens is 220 g/mol. The van der Waals surface area contributed by atoms with Gasteiger partial charge in [-0.15, -0.1) is 0 Å². The maximum atomic E-state index is 6.15. The average Bonchev–Trinajstić information content (AvgIpc) is 2.68. The van der Waals surface area contributed by atoms with E-state index in [-0.39, 0.29) is 5.60 Å². The predicted octanol–water partition coefficient (Wildman–Crippen LogP) is 4.65. The molecule has 1 heterocycles. The minimum Gasteiger partial charge on any atom is -0.375 e. The Morgan fingerprint density at radius 2 is 1.61 bits per heavy atom. The van der Waals surface area contributed by atoms with Crippen LogP contribution in [0.15, 0.2) is 0 Å². The third kappa shape index (κ3) is 1.49. The van der Waals surface area contributed by atoms with Crippen molar-refractivity contribution in [3.05, 3.63) is 0 Å². The molecule has 1 saturated heterocycles. The summed E-state index contributed by atoms with van der Waals surface area (Å²) >= 11 is 0. The summed E-state index contributed by atoms with van der Waals surface area (Å²) < 4.78 is 6.15. The van der Waals surface area contributed by atoms with Gasteiger partial charge >= 0.3 is 0 Å². The average molecular weight is 250 g/mol. The lowest BCUT2D eigenvalue weighted by atomic mass is 9.43. The van der Waals surface area contributed by atoms with E-state index in [2.05, 4.69) is 34.6 Å². The molecule has 3 rings (SSSR count). The zero-order valence-corrected chi connectivity index (χ0v) is 12.9. The lowest BCUT2D eigenvalue weighted by molar-refractivity contribution is -0.161. The summed E-state index contributed by atoms with van der Waals surface area (Å²) in [5.41, 5.74) is 1.23. The van der Waals surface area contributed by atoms with E-state index >= 15 is 0 Å². The normalized spacial score (nSPS) is 54.8. The van der Waals surface area contributed by atoms with Crippen molar-refractivity contribution in [2.45, 2.75) is 72.3 Å². The first-order valence-corrected chi connectivity index (χ1v) is 7.95. The molecule has 4 unspecified atom stereocenters. The van der Waals surface area contributed by atoms with Crippen LogP contribution in [0.1, 0.15) is 66.7 Å². The molecule has 3 fully saturated rings. The zero-order chi connectivity index (χ0) is 13.2. The Hall–Kier alpha value is -0.0400. The molecule has 104 valence electrons. The van der Waals surface area contributed by atoms with Gasteiger partial charge in [-0.1, -0.05) is 27.7 Å². The molecule has 3 aliphatic rings. The number of rotatable bonds is 0. The van der Waals surface area contributed by atoms with Gasteiger partial charge in [0.25, 0.3) is 0 Å². The van der Waals surface area contributed by atoms with Crippen LogP contribution in [0.3, 0.4) is 0 Å². The van der Waals surface area contributed by atoms with Crippen LogP contribution >= 0.6 is 0 Å². The van der Waals surface area contributed by atoms with E-state index in [9.17, 15) is 0 Å². The fraction of sp³-hybridized carbons (Fsp3) is 1.00. The number of fused-ring (bicyclic) bond motifs is 3. The first kappa shape index (κ1) is 13.0. The Morgan fingerprint density at radius 3 is 2.33 bits per heavy atom. The Bertz CT molecular complexity index is 348. The first-order valence-electron chi connectivity index (χ1n) is 7.95. The van der Waals surface area contributed by atoms with E-state index in [1.165, 1.54) is 32.1 Å². The van der Waals surface area contributed by atoms with Crippen molar-refractivity contribution in [3.8, 4) is 0 Å². The predicted molar refractivity (Wildman–Crippen MR) is 75.5 cm³/mol. The van der Waals surface area contributed by atoms with Crippen molar-refractivity contribution >= 4 is 0 Å². The second-order valence-corrected chi connectivity index (χ2v) is 8.36. The fourth-order valence-electron chi connectivity index (χ4n) is 5.91. The lowest BCUT2D eigenvalue weighted by Crippen LogP contribution is -2.57. The Balaban J connectivity index is 1.98. The summed E-state index contributed by atoms with van der Waals surface area (Å²) in [4.78, 5) is 0. The van der Waals surface area contributed by atoms with Crippen molar-refractivity contribution in [3.63, 3.8) is 0 Å². The minimum atomic E-state index is 0.196. The summed E-state index contributed by atoms with van der Waals surface area (Å²) in [5.74, 6) is 2.58. The first-order chi connectivity index (χ1) is 8.31. The number of hydrogen-bond donors (Lipinski definition) is 0. The third-order valence-electron chi connectivity index (χ3n) is 7.38. The molecule has 0 aromatic heterocycles. The largest absolute Gasteiger partial charge is 0.375 e. The molecular formula is C17H30O. The van der Waals surface area contributed by atoms with E-state index in [1.54, 1.807) is 0 Å². The van der Waals surface area contributed by atoms with Gasteiger partial charge in [0.15, 0.2) is 0 Å². The fourth-order valence-corrected chi connectivity index (χ4v) is 5.91. The van der Waals surface area contributed by atoms with E-state index < -0.39 is 0 Å². The summed E-state index contributed by atoms with van der Waals surface area (Å²) in [6, 6.07) is 0. The molecule has 0 amide bonds. The van der Waals surface area contributed by atoms with Crippen LogP contribution in [0.25, 0.3) is 0 Å². The van der Waals surface area contributed by atoms with Crippen LogP contribution in [0.5, 0.6) is 0 Å². The van der Waals surface area contributed by atoms with Crippen LogP contribution in [-0.4, -0.2) is 12.2 Å². The summed E-state index contributed by atoms with van der Waals surface area (Å²) in [6.07, 6.45) is 6.79. The molecule has 0 radical (unpaired) electrons. The molecule has 1 nitrogen and oxygen atoms in total. The van der Waals surface area contributed by atoms with Crippen molar-refractivity contribution in [1.82, 2.24) is 0 Å². The Morgan fingerprint density at radius 1 is 0.889 bits per heavy atom. The van der Waals surface area contributed by atoms with Crippen LogP contribution in [0.4, 0.5) is 0 Å². The molecule has 0 spiro atoms. The van der Waals surface area contributed by atoms with Gasteiger partial charge in [0, 0.05) is 6.61 Å². The molecule has 5 atom stereocenters. The number of hydrogen-bond acceptors (Lipinski definition) is 1. The van der Waals surface area contributed by atoms with Gasteiger partial charge in [0.05, 0.1) is 5.60 Å². The van der Waals surface area contributed by atoms with Gasteiger partial charge in [-0.25, -0.2) is 0 Å². The molecule has 0 aromatic carbocycles. The van der Waals surface area contributed by atoms with Crippen LogP contribution < -0.4 is 0 Å². The Labute approximate surface area is 113 Å². The lowest BCUT2D eigenvalue weighted by Gasteiger charge is -2.62. The molecule has 0 aromatic rings. The van der Waals surface area contributed by atoms with Gasteiger partial charge in [-0.2, -0.15) is 0 Å². The maximum absolute atomic E-state index is 6.15. The van der Waals surface area contributed by atoms with E-state index in [1.807, 2.05) is 0 Å². The molecule has 1 heteroatoms. The summed E-state index contributed by atoms with van der Waals surface area (Å²) in [6.45, 7) is 13.5.